The predicted octanol–water partition coefficient (Wildman–Crippen LogP) is 3.90. The normalized spacial score (nSPS) is 11.7. The number of aryl methyl sites for hydroxylation is 2. The highest BCUT2D eigenvalue weighted by atomic mass is 32.2. The second-order valence-corrected chi connectivity index (χ2v) is 10.5. The van der Waals surface area contributed by atoms with Gasteiger partial charge in [0.1, 0.15) is 9.96 Å². The summed E-state index contributed by atoms with van der Waals surface area (Å²) >= 11 is 2.55. The van der Waals surface area contributed by atoms with Gasteiger partial charge in [-0.3, -0.25) is 13.9 Å². The highest BCUT2D eigenvalue weighted by molar-refractivity contribution is 7.99. The molecule has 0 bridgehead atoms. The SMILES string of the molecule is COc1ccc(Sc2cc3c(cc2NS(=O)(=O)c2cccs2)n(C)c(=O)n3C)cc1. The van der Waals surface area contributed by atoms with Crippen LogP contribution in [0.4, 0.5) is 5.69 Å². The fourth-order valence-corrected chi connectivity index (χ4v) is 6.12. The second kappa shape index (κ2) is 7.86. The molecule has 2 heterocycles. The fraction of sp³-hybridized carbons (Fsp3) is 0.150. The molecule has 0 saturated heterocycles. The van der Waals surface area contributed by atoms with E-state index in [-0.39, 0.29) is 9.90 Å². The fourth-order valence-electron chi connectivity index (χ4n) is 3.07. The number of rotatable bonds is 6. The number of ether oxygens (including phenoxy) is 1. The molecule has 0 aliphatic carbocycles. The summed E-state index contributed by atoms with van der Waals surface area (Å²) in [5, 5.41) is 1.71. The van der Waals surface area contributed by atoms with Crippen molar-refractivity contribution in [2.75, 3.05) is 11.8 Å². The highest BCUT2D eigenvalue weighted by Crippen LogP contribution is 2.38. The Morgan fingerprint density at radius 2 is 1.70 bits per heavy atom. The molecule has 0 amide bonds. The van der Waals surface area contributed by atoms with Crippen molar-refractivity contribution in [2.45, 2.75) is 14.0 Å². The number of methoxy groups -OCH3 is 1. The van der Waals surface area contributed by atoms with Crippen molar-refractivity contribution in [3.63, 3.8) is 0 Å². The molecule has 30 heavy (non-hydrogen) atoms. The molecule has 2 aromatic heterocycles. The van der Waals surface area contributed by atoms with Crippen LogP contribution in [-0.2, 0) is 24.1 Å². The van der Waals surface area contributed by atoms with E-state index in [2.05, 4.69) is 4.72 Å². The van der Waals surface area contributed by atoms with Gasteiger partial charge < -0.3 is 4.74 Å². The first-order valence-electron chi connectivity index (χ1n) is 8.88. The molecular formula is C20H19N3O4S3. The van der Waals surface area contributed by atoms with Gasteiger partial charge in [0.25, 0.3) is 10.0 Å². The van der Waals surface area contributed by atoms with Crippen molar-refractivity contribution in [1.29, 1.82) is 0 Å². The van der Waals surface area contributed by atoms with Crippen LogP contribution in [0.15, 0.2) is 72.7 Å². The van der Waals surface area contributed by atoms with Crippen molar-refractivity contribution in [3.05, 3.63) is 64.4 Å². The number of imidazole rings is 1. The summed E-state index contributed by atoms with van der Waals surface area (Å²) in [4.78, 5) is 14.0. The first-order valence-corrected chi connectivity index (χ1v) is 12.1. The molecule has 4 rings (SSSR count). The number of nitrogens with one attached hydrogen (secondary N) is 1. The first-order chi connectivity index (χ1) is 14.3. The standard InChI is InChI=1S/C20H19N3O4S3/c1-22-16-11-15(21-30(25,26)19-5-4-10-28-19)18(12-17(16)23(2)20(22)24)29-14-8-6-13(27-3)7-9-14/h4-12,21H,1-3H3. The van der Waals surface area contributed by atoms with E-state index in [0.717, 1.165) is 27.5 Å². The van der Waals surface area contributed by atoms with E-state index < -0.39 is 10.0 Å². The number of anilines is 1. The van der Waals surface area contributed by atoms with E-state index in [9.17, 15) is 13.2 Å². The van der Waals surface area contributed by atoms with Crippen LogP contribution in [0.3, 0.4) is 0 Å². The molecule has 0 radical (unpaired) electrons. The quantitative estimate of drug-likeness (QED) is 0.471. The number of aromatic nitrogens is 2. The van der Waals surface area contributed by atoms with Crippen molar-refractivity contribution < 1.29 is 13.2 Å². The highest BCUT2D eigenvalue weighted by Gasteiger charge is 2.20. The largest absolute Gasteiger partial charge is 0.497 e. The minimum absolute atomic E-state index is 0.177. The van der Waals surface area contributed by atoms with Crippen molar-refractivity contribution in [2.24, 2.45) is 14.1 Å². The van der Waals surface area contributed by atoms with Crippen molar-refractivity contribution in [3.8, 4) is 5.75 Å². The smallest absolute Gasteiger partial charge is 0.328 e. The molecule has 0 aliphatic rings. The number of hydrogen-bond acceptors (Lipinski definition) is 6. The number of thiophene rings is 1. The minimum Gasteiger partial charge on any atom is -0.497 e. The third-order valence-electron chi connectivity index (χ3n) is 4.66. The summed E-state index contributed by atoms with van der Waals surface area (Å²) < 4.78 is 36.9. The lowest BCUT2D eigenvalue weighted by atomic mass is 10.3. The summed E-state index contributed by atoms with van der Waals surface area (Å²) in [5.74, 6) is 0.735. The molecule has 0 unspecified atom stereocenters. The van der Waals surface area contributed by atoms with Crippen LogP contribution in [0.5, 0.6) is 5.75 Å². The van der Waals surface area contributed by atoms with E-state index in [1.165, 1.54) is 16.3 Å². The molecule has 0 spiro atoms. The van der Waals surface area contributed by atoms with Crippen LogP contribution >= 0.6 is 23.1 Å². The van der Waals surface area contributed by atoms with Crippen LogP contribution in [-0.4, -0.2) is 24.7 Å². The average Bonchev–Trinajstić information content (AvgIpc) is 3.35. The molecule has 4 aromatic rings. The van der Waals surface area contributed by atoms with Gasteiger partial charge in [-0.15, -0.1) is 11.3 Å². The third kappa shape index (κ3) is 3.73. The molecule has 2 aromatic carbocycles. The van der Waals surface area contributed by atoms with Crippen molar-refractivity contribution in [1.82, 2.24) is 9.13 Å². The maximum atomic E-state index is 12.8. The van der Waals surface area contributed by atoms with Gasteiger partial charge in [-0.1, -0.05) is 17.8 Å². The second-order valence-electron chi connectivity index (χ2n) is 6.55. The Balaban J connectivity index is 1.84. The minimum atomic E-state index is -3.74. The van der Waals surface area contributed by atoms with E-state index in [1.807, 2.05) is 30.3 Å². The van der Waals surface area contributed by atoms with Crippen LogP contribution in [0, 0.1) is 0 Å². The van der Waals surface area contributed by atoms with Gasteiger partial charge >= 0.3 is 5.69 Å². The topological polar surface area (TPSA) is 82.3 Å². The molecule has 0 atom stereocenters. The Bertz CT molecular complexity index is 1370. The Morgan fingerprint density at radius 1 is 1.03 bits per heavy atom. The van der Waals surface area contributed by atoms with Gasteiger partial charge in [-0.25, -0.2) is 13.2 Å². The maximum Gasteiger partial charge on any atom is 0.328 e. The number of benzene rings is 2. The Hall–Kier alpha value is -2.69. The summed E-state index contributed by atoms with van der Waals surface area (Å²) in [6.07, 6.45) is 0. The molecule has 0 saturated carbocycles. The van der Waals surface area contributed by atoms with Crippen LogP contribution in [0.1, 0.15) is 0 Å². The Labute approximate surface area is 182 Å². The predicted molar refractivity (Wildman–Crippen MR) is 120 cm³/mol. The zero-order valence-electron chi connectivity index (χ0n) is 16.4. The number of sulfonamides is 1. The van der Waals surface area contributed by atoms with E-state index in [0.29, 0.717) is 16.1 Å². The maximum absolute atomic E-state index is 12.8. The van der Waals surface area contributed by atoms with Gasteiger partial charge in [0.05, 0.1) is 23.8 Å². The van der Waals surface area contributed by atoms with Gasteiger partial charge in [0, 0.05) is 23.9 Å². The molecule has 7 nitrogen and oxygen atoms in total. The monoisotopic (exact) mass is 461 g/mol. The first kappa shape index (κ1) is 20.6. The molecule has 156 valence electrons. The number of hydrogen-bond donors (Lipinski definition) is 1. The van der Waals surface area contributed by atoms with Crippen molar-refractivity contribution >= 4 is 49.8 Å². The summed E-state index contributed by atoms with van der Waals surface area (Å²) in [6, 6.07) is 14.3. The summed E-state index contributed by atoms with van der Waals surface area (Å²) in [6.45, 7) is 0. The molecular weight excluding hydrogens is 442 g/mol. The van der Waals surface area contributed by atoms with E-state index >= 15 is 0 Å². The summed E-state index contributed by atoms with van der Waals surface area (Å²) in [5.41, 5.74) is 1.60. The number of fused-ring (bicyclic) bond motifs is 1. The third-order valence-corrected chi connectivity index (χ3v) is 8.49. The summed E-state index contributed by atoms with van der Waals surface area (Å²) in [7, 11) is 1.22. The zero-order valence-corrected chi connectivity index (χ0v) is 18.9. The van der Waals surface area contributed by atoms with Gasteiger partial charge in [-0.2, -0.15) is 0 Å². The van der Waals surface area contributed by atoms with Gasteiger partial charge in [-0.05, 0) is 47.8 Å². The molecule has 1 N–H and O–H groups in total. The molecule has 0 aliphatic heterocycles. The van der Waals surface area contributed by atoms with Gasteiger partial charge in [0.15, 0.2) is 0 Å². The molecule has 0 fully saturated rings. The van der Waals surface area contributed by atoms with Crippen LogP contribution in [0.25, 0.3) is 11.0 Å². The lowest BCUT2D eigenvalue weighted by Crippen LogP contribution is -2.19. The average molecular weight is 462 g/mol. The van der Waals surface area contributed by atoms with Gasteiger partial charge in [0.2, 0.25) is 0 Å². The zero-order chi connectivity index (χ0) is 21.5. The lowest BCUT2D eigenvalue weighted by Gasteiger charge is -2.13. The lowest BCUT2D eigenvalue weighted by molar-refractivity contribution is 0.414. The van der Waals surface area contributed by atoms with E-state index in [4.69, 9.17) is 4.74 Å². The Kier molecular flexibility index (Phi) is 5.39. The Morgan fingerprint density at radius 3 is 2.30 bits per heavy atom. The molecule has 10 heteroatoms. The van der Waals surface area contributed by atoms with E-state index in [1.54, 1.807) is 49.4 Å². The van der Waals surface area contributed by atoms with Crippen LogP contribution in [0.2, 0.25) is 0 Å². The van der Waals surface area contributed by atoms with Crippen LogP contribution < -0.4 is 15.1 Å². The number of nitrogens with zero attached hydrogens (tertiary/aromatic N) is 2.